The molecule has 2 aromatic carbocycles. The summed E-state index contributed by atoms with van der Waals surface area (Å²) >= 11 is 0. The maximum Gasteiger partial charge on any atom is 0.345 e. The molecule has 0 unspecified atom stereocenters. The van der Waals surface area contributed by atoms with Crippen LogP contribution in [0.2, 0.25) is 0 Å². The molecule has 0 aliphatic rings. The normalized spacial score (nSPS) is 10.9. The van der Waals surface area contributed by atoms with Crippen molar-refractivity contribution < 1.29 is 13.9 Å². The molecule has 0 atom stereocenters. The lowest BCUT2D eigenvalue weighted by atomic mass is 10.1. The number of hydrogen-bond acceptors (Lipinski definition) is 5. The van der Waals surface area contributed by atoms with E-state index >= 15 is 0 Å². The minimum absolute atomic E-state index is 0.333. The smallest absolute Gasteiger partial charge is 0.345 e. The molecule has 0 saturated carbocycles. The van der Waals surface area contributed by atoms with E-state index in [0.29, 0.717) is 22.6 Å². The third kappa shape index (κ3) is 2.87. The van der Waals surface area contributed by atoms with Crippen molar-refractivity contribution in [2.24, 2.45) is 0 Å². The van der Waals surface area contributed by atoms with Crippen LogP contribution < -0.4 is 10.4 Å². The highest BCUT2D eigenvalue weighted by atomic mass is 16.5. The van der Waals surface area contributed by atoms with Gasteiger partial charge in [-0.3, -0.25) is 4.79 Å². The molecule has 122 valence electrons. The van der Waals surface area contributed by atoms with Crippen LogP contribution in [0.3, 0.4) is 0 Å². The minimum Gasteiger partial charge on any atom is -0.427 e. The molecule has 5 nitrogen and oxygen atoms in total. The third-order valence-corrected chi connectivity index (χ3v) is 3.84. The van der Waals surface area contributed by atoms with Crippen molar-refractivity contribution >= 4 is 27.8 Å². The Morgan fingerprint density at radius 3 is 2.64 bits per heavy atom. The number of carbonyl (C=O) groups excluding carboxylic acids is 1. The van der Waals surface area contributed by atoms with Gasteiger partial charge in [0.25, 0.3) is 0 Å². The first kappa shape index (κ1) is 15.1. The summed E-state index contributed by atoms with van der Waals surface area (Å²) in [5.41, 5.74) is 1.62. The van der Waals surface area contributed by atoms with Crippen molar-refractivity contribution in [2.75, 3.05) is 0 Å². The molecule has 0 fully saturated rings. The van der Waals surface area contributed by atoms with Gasteiger partial charge in [-0.25, -0.2) is 9.78 Å². The van der Waals surface area contributed by atoms with E-state index in [9.17, 15) is 9.59 Å². The van der Waals surface area contributed by atoms with Gasteiger partial charge in [0.2, 0.25) is 0 Å². The first-order chi connectivity index (χ1) is 12.1. The molecule has 0 aliphatic carbocycles. The van der Waals surface area contributed by atoms with E-state index in [0.717, 1.165) is 16.3 Å². The molecule has 0 radical (unpaired) electrons. The van der Waals surface area contributed by atoms with E-state index in [1.807, 2.05) is 30.3 Å². The summed E-state index contributed by atoms with van der Waals surface area (Å²) in [4.78, 5) is 28.0. The molecular formula is C20H13NO4. The fourth-order valence-corrected chi connectivity index (χ4v) is 2.72. The molecule has 0 saturated heterocycles. The number of esters is 1. The molecule has 0 N–H and O–H groups in total. The van der Waals surface area contributed by atoms with Crippen LogP contribution in [0.1, 0.15) is 6.92 Å². The second kappa shape index (κ2) is 5.87. The zero-order valence-electron chi connectivity index (χ0n) is 13.4. The monoisotopic (exact) mass is 331 g/mol. The Morgan fingerprint density at radius 2 is 1.80 bits per heavy atom. The molecule has 2 heterocycles. The quantitative estimate of drug-likeness (QED) is 0.316. The van der Waals surface area contributed by atoms with E-state index in [1.54, 1.807) is 24.3 Å². The van der Waals surface area contributed by atoms with Crippen LogP contribution in [0.25, 0.3) is 33.1 Å². The van der Waals surface area contributed by atoms with Gasteiger partial charge < -0.3 is 9.15 Å². The maximum atomic E-state index is 12.4. The molecule has 0 amide bonds. The number of para-hydroxylation sites is 1. The molecule has 0 bridgehead atoms. The number of rotatable bonds is 2. The fraction of sp³-hybridized carbons (Fsp3) is 0.0500. The first-order valence-corrected chi connectivity index (χ1v) is 7.73. The number of aromatic nitrogens is 1. The largest absolute Gasteiger partial charge is 0.427 e. The highest BCUT2D eigenvalue weighted by Crippen LogP contribution is 2.25. The van der Waals surface area contributed by atoms with Crippen LogP contribution in [-0.2, 0) is 4.79 Å². The summed E-state index contributed by atoms with van der Waals surface area (Å²) in [5.74, 6) is -0.0987. The predicted octanol–water partition coefficient (Wildman–Crippen LogP) is 3.93. The summed E-state index contributed by atoms with van der Waals surface area (Å²) in [7, 11) is 0. The van der Waals surface area contributed by atoms with Crippen molar-refractivity contribution in [3.05, 3.63) is 71.1 Å². The molecule has 0 aliphatic heterocycles. The number of nitrogens with zero attached hydrogens (tertiary/aromatic N) is 1. The molecule has 0 spiro atoms. The predicted molar refractivity (Wildman–Crippen MR) is 94.5 cm³/mol. The molecule has 4 aromatic rings. The highest BCUT2D eigenvalue weighted by Gasteiger charge is 2.11. The molecule has 4 rings (SSSR count). The van der Waals surface area contributed by atoms with E-state index in [1.165, 1.54) is 13.0 Å². The van der Waals surface area contributed by atoms with Gasteiger partial charge in [-0.1, -0.05) is 24.3 Å². The number of benzene rings is 2. The zero-order valence-corrected chi connectivity index (χ0v) is 13.4. The van der Waals surface area contributed by atoms with Crippen molar-refractivity contribution in [3.8, 4) is 17.0 Å². The van der Waals surface area contributed by atoms with Crippen LogP contribution in [-0.4, -0.2) is 11.0 Å². The Hall–Kier alpha value is -3.47. The van der Waals surface area contributed by atoms with Crippen molar-refractivity contribution in [2.45, 2.75) is 6.92 Å². The van der Waals surface area contributed by atoms with Gasteiger partial charge in [-0.15, -0.1) is 0 Å². The Labute approximate surface area is 142 Å². The first-order valence-electron chi connectivity index (χ1n) is 7.73. The van der Waals surface area contributed by atoms with Gasteiger partial charge in [-0.05, 0) is 30.3 Å². The van der Waals surface area contributed by atoms with Gasteiger partial charge >= 0.3 is 11.6 Å². The summed E-state index contributed by atoms with van der Waals surface area (Å²) in [5, 5.41) is 1.72. The summed E-state index contributed by atoms with van der Waals surface area (Å²) in [6.07, 6.45) is 0. The number of fused-ring (bicyclic) bond motifs is 2. The van der Waals surface area contributed by atoms with Crippen LogP contribution in [0.15, 0.2) is 69.9 Å². The lowest BCUT2D eigenvalue weighted by Crippen LogP contribution is -2.05. The topological polar surface area (TPSA) is 69.4 Å². The molecular weight excluding hydrogens is 318 g/mol. The second-order valence-corrected chi connectivity index (χ2v) is 5.63. The lowest BCUT2D eigenvalue weighted by Gasteiger charge is -2.05. The number of pyridine rings is 1. The van der Waals surface area contributed by atoms with Crippen molar-refractivity contribution in [3.63, 3.8) is 0 Å². The van der Waals surface area contributed by atoms with Gasteiger partial charge in [-0.2, -0.15) is 0 Å². The van der Waals surface area contributed by atoms with E-state index < -0.39 is 11.6 Å². The van der Waals surface area contributed by atoms with Gasteiger partial charge in [0, 0.05) is 23.8 Å². The van der Waals surface area contributed by atoms with Crippen molar-refractivity contribution in [1.29, 1.82) is 0 Å². The Morgan fingerprint density at radius 1 is 1.00 bits per heavy atom. The Balaban J connectivity index is 1.85. The van der Waals surface area contributed by atoms with Crippen LogP contribution in [0.5, 0.6) is 5.75 Å². The second-order valence-electron chi connectivity index (χ2n) is 5.63. The summed E-state index contributed by atoms with van der Waals surface area (Å²) < 4.78 is 10.4. The van der Waals surface area contributed by atoms with Crippen LogP contribution >= 0.6 is 0 Å². The zero-order chi connectivity index (χ0) is 17.4. The fourth-order valence-electron chi connectivity index (χ4n) is 2.72. The third-order valence-electron chi connectivity index (χ3n) is 3.84. The summed E-state index contributed by atoms with van der Waals surface area (Å²) in [6, 6.07) is 18.1. The average Bonchev–Trinajstić information content (AvgIpc) is 2.60. The van der Waals surface area contributed by atoms with Crippen LogP contribution in [0.4, 0.5) is 0 Å². The minimum atomic E-state index is -0.491. The van der Waals surface area contributed by atoms with E-state index in [4.69, 9.17) is 9.15 Å². The standard InChI is InChI=1S/C20H13NO4/c1-12(22)24-15-8-6-14-10-16(20(23)25-19(14)11-15)18-9-7-13-4-2-3-5-17(13)21-18/h2-11H,1H3. The molecule has 25 heavy (non-hydrogen) atoms. The molecule has 5 heteroatoms. The number of carbonyl (C=O) groups is 1. The van der Waals surface area contributed by atoms with Gasteiger partial charge in [0.05, 0.1) is 16.8 Å². The van der Waals surface area contributed by atoms with E-state index in [-0.39, 0.29) is 0 Å². The van der Waals surface area contributed by atoms with E-state index in [2.05, 4.69) is 4.98 Å². The number of ether oxygens (including phenoxy) is 1. The van der Waals surface area contributed by atoms with Crippen LogP contribution in [0, 0.1) is 0 Å². The average molecular weight is 331 g/mol. The maximum absolute atomic E-state index is 12.4. The summed E-state index contributed by atoms with van der Waals surface area (Å²) in [6.45, 7) is 1.31. The van der Waals surface area contributed by atoms with Crippen molar-refractivity contribution in [1.82, 2.24) is 4.98 Å². The SMILES string of the molecule is CC(=O)Oc1ccc2cc(-c3ccc4ccccc4n3)c(=O)oc2c1. The highest BCUT2D eigenvalue weighted by molar-refractivity contribution is 5.85. The lowest BCUT2D eigenvalue weighted by molar-refractivity contribution is -0.131. The Bertz CT molecular complexity index is 1180. The molecule has 2 aromatic heterocycles. The Kier molecular flexibility index (Phi) is 3.54. The number of hydrogen-bond donors (Lipinski definition) is 0. The van der Waals surface area contributed by atoms with Gasteiger partial charge in [0.15, 0.2) is 0 Å². The van der Waals surface area contributed by atoms with Gasteiger partial charge in [0.1, 0.15) is 11.3 Å².